The molecule has 0 saturated heterocycles. The van der Waals surface area contributed by atoms with Gasteiger partial charge in [-0.2, -0.15) is 0 Å². The molecular weight excluding hydrogens is 334 g/mol. The van der Waals surface area contributed by atoms with Crippen LogP contribution in [0.15, 0.2) is 28.7 Å². The first kappa shape index (κ1) is 16.0. The second-order valence-electron chi connectivity index (χ2n) is 5.55. The van der Waals surface area contributed by atoms with Crippen molar-refractivity contribution in [3.8, 4) is 0 Å². The van der Waals surface area contributed by atoms with Gasteiger partial charge in [0.2, 0.25) is 5.91 Å². The van der Waals surface area contributed by atoms with E-state index in [1.165, 1.54) is 6.42 Å². The number of aliphatic carboxylic acids is 1. The van der Waals surface area contributed by atoms with Gasteiger partial charge in [-0.05, 0) is 30.5 Å². The molecule has 0 heterocycles. The molecule has 1 amide bonds. The molecule has 114 valence electrons. The number of carboxylic acids is 1. The zero-order chi connectivity index (χ0) is 15.2. The number of hydrogen-bond acceptors (Lipinski definition) is 2. The standard InChI is InChI=1S/C16H20BrNO3/c17-13-8-6-11(7-9-13)14(10-15(19)20)18-16(21)12-4-2-1-3-5-12/h6-9,12,14H,1-5,10H2,(H,18,21)(H,19,20). The average molecular weight is 354 g/mol. The summed E-state index contributed by atoms with van der Waals surface area (Å²) in [7, 11) is 0. The summed E-state index contributed by atoms with van der Waals surface area (Å²) < 4.78 is 0.930. The van der Waals surface area contributed by atoms with E-state index in [-0.39, 0.29) is 18.2 Å². The van der Waals surface area contributed by atoms with E-state index in [1.54, 1.807) is 0 Å². The molecule has 0 bridgehead atoms. The molecule has 4 nitrogen and oxygen atoms in total. The lowest BCUT2D eigenvalue weighted by atomic mass is 9.88. The van der Waals surface area contributed by atoms with E-state index in [0.29, 0.717) is 0 Å². The van der Waals surface area contributed by atoms with Crippen molar-refractivity contribution < 1.29 is 14.7 Å². The number of benzene rings is 1. The third-order valence-corrected chi connectivity index (χ3v) is 4.47. The lowest BCUT2D eigenvalue weighted by Gasteiger charge is -2.24. The van der Waals surface area contributed by atoms with Crippen molar-refractivity contribution in [2.45, 2.75) is 44.6 Å². The molecule has 1 aliphatic carbocycles. The molecule has 0 spiro atoms. The molecule has 1 fully saturated rings. The third-order valence-electron chi connectivity index (χ3n) is 3.94. The highest BCUT2D eigenvalue weighted by atomic mass is 79.9. The Morgan fingerprint density at radius 2 is 1.81 bits per heavy atom. The predicted molar refractivity (Wildman–Crippen MR) is 83.9 cm³/mol. The second kappa shape index (κ2) is 7.59. The van der Waals surface area contributed by atoms with Crippen LogP contribution in [-0.4, -0.2) is 17.0 Å². The van der Waals surface area contributed by atoms with Crippen LogP contribution in [0.25, 0.3) is 0 Å². The number of amides is 1. The molecule has 5 heteroatoms. The van der Waals surface area contributed by atoms with Gasteiger partial charge in [0.15, 0.2) is 0 Å². The van der Waals surface area contributed by atoms with Crippen molar-refractivity contribution in [1.82, 2.24) is 5.32 Å². The van der Waals surface area contributed by atoms with Crippen LogP contribution < -0.4 is 5.32 Å². The Bertz CT molecular complexity index is 495. The summed E-state index contributed by atoms with van der Waals surface area (Å²) in [5.74, 6) is -0.888. The molecule has 1 aliphatic rings. The van der Waals surface area contributed by atoms with Gasteiger partial charge in [0, 0.05) is 10.4 Å². The fourth-order valence-electron chi connectivity index (χ4n) is 2.78. The first-order chi connectivity index (χ1) is 10.1. The van der Waals surface area contributed by atoms with Gasteiger partial charge in [0.25, 0.3) is 0 Å². The summed E-state index contributed by atoms with van der Waals surface area (Å²) in [6.45, 7) is 0. The second-order valence-corrected chi connectivity index (χ2v) is 6.46. The number of hydrogen-bond donors (Lipinski definition) is 2. The minimum atomic E-state index is -0.910. The fraction of sp³-hybridized carbons (Fsp3) is 0.500. The van der Waals surface area contributed by atoms with Crippen molar-refractivity contribution in [1.29, 1.82) is 0 Å². The maximum absolute atomic E-state index is 12.3. The molecule has 1 aromatic rings. The minimum absolute atomic E-state index is 0.0103. The summed E-state index contributed by atoms with van der Waals surface area (Å²) in [5.41, 5.74) is 0.824. The summed E-state index contributed by atoms with van der Waals surface area (Å²) in [4.78, 5) is 23.4. The quantitative estimate of drug-likeness (QED) is 0.848. The van der Waals surface area contributed by atoms with Crippen LogP contribution in [0.2, 0.25) is 0 Å². The minimum Gasteiger partial charge on any atom is -0.481 e. The average Bonchev–Trinajstić information content (AvgIpc) is 2.48. The number of carbonyl (C=O) groups excluding carboxylic acids is 1. The third kappa shape index (κ3) is 4.84. The van der Waals surface area contributed by atoms with E-state index in [2.05, 4.69) is 21.2 Å². The van der Waals surface area contributed by atoms with Gasteiger partial charge in [0.05, 0.1) is 12.5 Å². The molecular formula is C16H20BrNO3. The highest BCUT2D eigenvalue weighted by Gasteiger charge is 2.25. The Morgan fingerprint density at radius 3 is 2.38 bits per heavy atom. The molecule has 2 rings (SSSR count). The van der Waals surface area contributed by atoms with E-state index in [4.69, 9.17) is 5.11 Å². The Morgan fingerprint density at radius 1 is 1.19 bits per heavy atom. The van der Waals surface area contributed by atoms with Crippen LogP contribution in [0.4, 0.5) is 0 Å². The van der Waals surface area contributed by atoms with Gasteiger partial charge < -0.3 is 10.4 Å². The smallest absolute Gasteiger partial charge is 0.305 e. The van der Waals surface area contributed by atoms with Crippen LogP contribution in [0.1, 0.15) is 50.1 Å². The molecule has 1 unspecified atom stereocenters. The van der Waals surface area contributed by atoms with Gasteiger partial charge in [-0.15, -0.1) is 0 Å². The van der Waals surface area contributed by atoms with Crippen molar-refractivity contribution in [3.05, 3.63) is 34.3 Å². The maximum Gasteiger partial charge on any atom is 0.305 e. The van der Waals surface area contributed by atoms with E-state index in [1.807, 2.05) is 24.3 Å². The monoisotopic (exact) mass is 353 g/mol. The predicted octanol–water partition coefficient (Wildman–Crippen LogP) is 3.66. The summed E-state index contributed by atoms with van der Waals surface area (Å²) >= 11 is 3.36. The first-order valence-electron chi connectivity index (χ1n) is 7.34. The van der Waals surface area contributed by atoms with Crippen molar-refractivity contribution >= 4 is 27.8 Å². The largest absolute Gasteiger partial charge is 0.481 e. The Hall–Kier alpha value is -1.36. The Kier molecular flexibility index (Phi) is 5.79. The molecule has 1 saturated carbocycles. The van der Waals surface area contributed by atoms with Crippen molar-refractivity contribution in [2.75, 3.05) is 0 Å². The molecule has 21 heavy (non-hydrogen) atoms. The van der Waals surface area contributed by atoms with Gasteiger partial charge in [-0.1, -0.05) is 47.3 Å². The van der Waals surface area contributed by atoms with Gasteiger partial charge >= 0.3 is 5.97 Å². The zero-order valence-corrected chi connectivity index (χ0v) is 13.4. The normalized spacial score (nSPS) is 17.2. The van der Waals surface area contributed by atoms with Crippen molar-refractivity contribution in [2.24, 2.45) is 5.92 Å². The van der Waals surface area contributed by atoms with Gasteiger partial charge in [0.1, 0.15) is 0 Å². The van der Waals surface area contributed by atoms with E-state index >= 15 is 0 Å². The van der Waals surface area contributed by atoms with E-state index < -0.39 is 12.0 Å². The lowest BCUT2D eigenvalue weighted by Crippen LogP contribution is -2.35. The molecule has 2 N–H and O–H groups in total. The van der Waals surface area contributed by atoms with Crippen molar-refractivity contribution in [3.63, 3.8) is 0 Å². The lowest BCUT2D eigenvalue weighted by molar-refractivity contribution is -0.138. The van der Waals surface area contributed by atoms with E-state index in [0.717, 1.165) is 35.7 Å². The molecule has 0 radical (unpaired) electrons. The number of carbonyl (C=O) groups is 2. The fourth-order valence-corrected chi connectivity index (χ4v) is 3.04. The molecule has 1 atom stereocenters. The molecule has 0 aromatic heterocycles. The summed E-state index contributed by atoms with van der Waals surface area (Å²) in [5, 5.41) is 12.0. The molecule has 0 aliphatic heterocycles. The van der Waals surface area contributed by atoms with E-state index in [9.17, 15) is 9.59 Å². The zero-order valence-electron chi connectivity index (χ0n) is 11.8. The van der Waals surface area contributed by atoms with Crippen LogP contribution in [-0.2, 0) is 9.59 Å². The number of rotatable bonds is 5. The Labute approximate surface area is 133 Å². The summed E-state index contributed by atoms with van der Waals surface area (Å²) in [6.07, 6.45) is 5.08. The maximum atomic E-state index is 12.3. The number of carboxylic acid groups (broad SMARTS) is 1. The summed E-state index contributed by atoms with van der Waals surface area (Å²) in [6, 6.07) is 6.94. The Balaban J connectivity index is 2.06. The van der Waals surface area contributed by atoms with Crippen LogP contribution in [0.5, 0.6) is 0 Å². The van der Waals surface area contributed by atoms with Crippen LogP contribution in [0, 0.1) is 5.92 Å². The van der Waals surface area contributed by atoms with Gasteiger partial charge in [-0.3, -0.25) is 9.59 Å². The first-order valence-corrected chi connectivity index (χ1v) is 8.13. The van der Waals surface area contributed by atoms with Gasteiger partial charge in [-0.25, -0.2) is 0 Å². The number of nitrogens with one attached hydrogen (secondary N) is 1. The van der Waals surface area contributed by atoms with Crippen LogP contribution in [0.3, 0.4) is 0 Å². The molecule has 1 aromatic carbocycles. The SMILES string of the molecule is O=C(O)CC(NC(=O)C1CCCCC1)c1ccc(Br)cc1. The number of halogens is 1. The highest BCUT2D eigenvalue weighted by Crippen LogP contribution is 2.26. The highest BCUT2D eigenvalue weighted by molar-refractivity contribution is 9.10. The topological polar surface area (TPSA) is 66.4 Å². The van der Waals surface area contributed by atoms with Crippen LogP contribution >= 0.6 is 15.9 Å².